The molecule has 8 heteroatoms. The third-order valence-corrected chi connectivity index (χ3v) is 3.07. The molecule has 3 N–H and O–H groups in total. The van der Waals surface area contributed by atoms with E-state index in [0.29, 0.717) is 12.5 Å². The van der Waals surface area contributed by atoms with E-state index in [-0.39, 0.29) is 24.2 Å². The Morgan fingerprint density at radius 1 is 1.08 bits per heavy atom. The molecular formula is C16H23F2N3O3. The average molecular weight is 343 g/mol. The quantitative estimate of drug-likeness (QED) is 0.678. The molecular weight excluding hydrogens is 320 g/mol. The van der Waals surface area contributed by atoms with E-state index in [1.54, 1.807) is 19.1 Å². The van der Waals surface area contributed by atoms with Gasteiger partial charge >= 0.3 is 12.6 Å². The highest BCUT2D eigenvalue weighted by Gasteiger charge is 2.11. The number of hydrogen-bond donors (Lipinski definition) is 3. The van der Waals surface area contributed by atoms with Crippen molar-refractivity contribution in [3.8, 4) is 5.75 Å². The molecule has 0 saturated heterocycles. The molecule has 3 amide bonds. The number of alkyl halides is 2. The van der Waals surface area contributed by atoms with E-state index in [1.807, 2.05) is 13.8 Å². The molecule has 6 nitrogen and oxygen atoms in total. The lowest BCUT2D eigenvalue weighted by molar-refractivity contribution is -0.120. The summed E-state index contributed by atoms with van der Waals surface area (Å²) in [7, 11) is 0. The van der Waals surface area contributed by atoms with Crippen molar-refractivity contribution in [1.82, 2.24) is 16.0 Å². The van der Waals surface area contributed by atoms with Gasteiger partial charge in [-0.3, -0.25) is 4.79 Å². The molecule has 1 aromatic carbocycles. The van der Waals surface area contributed by atoms with Crippen LogP contribution in [0.2, 0.25) is 0 Å². The molecule has 0 heterocycles. The number of hydrogen-bond acceptors (Lipinski definition) is 3. The molecule has 1 unspecified atom stereocenters. The molecule has 0 aliphatic heterocycles. The maximum atomic E-state index is 12.1. The van der Waals surface area contributed by atoms with Gasteiger partial charge in [-0.1, -0.05) is 26.0 Å². The number of carbonyl (C=O) groups excluding carboxylic acids is 2. The predicted molar refractivity (Wildman–Crippen MR) is 85.9 cm³/mol. The van der Waals surface area contributed by atoms with E-state index in [0.717, 1.165) is 5.56 Å². The number of ether oxygens (including phenoxy) is 1. The maximum Gasteiger partial charge on any atom is 0.387 e. The normalized spacial score (nSPS) is 12.0. The second-order valence-electron chi connectivity index (χ2n) is 5.69. The number of rotatable bonds is 8. The van der Waals surface area contributed by atoms with Crippen LogP contribution in [0.5, 0.6) is 5.75 Å². The third kappa shape index (κ3) is 7.75. The van der Waals surface area contributed by atoms with Gasteiger partial charge in [0.1, 0.15) is 5.75 Å². The first kappa shape index (κ1) is 19.7. The summed E-state index contributed by atoms with van der Waals surface area (Å²) in [6.07, 6.45) is 0. The van der Waals surface area contributed by atoms with Gasteiger partial charge in [-0.05, 0) is 30.5 Å². The number of carbonyl (C=O) groups is 2. The lowest BCUT2D eigenvalue weighted by atomic mass is 10.1. The Morgan fingerprint density at radius 3 is 2.25 bits per heavy atom. The molecule has 0 fully saturated rings. The highest BCUT2D eigenvalue weighted by Crippen LogP contribution is 2.18. The summed E-state index contributed by atoms with van der Waals surface area (Å²) in [4.78, 5) is 23.3. The zero-order valence-electron chi connectivity index (χ0n) is 13.9. The van der Waals surface area contributed by atoms with Gasteiger partial charge in [0, 0.05) is 6.54 Å². The maximum absolute atomic E-state index is 12.1. The molecule has 1 atom stereocenters. The second-order valence-corrected chi connectivity index (χ2v) is 5.69. The van der Waals surface area contributed by atoms with Gasteiger partial charge in [0.05, 0.1) is 12.6 Å². The third-order valence-electron chi connectivity index (χ3n) is 3.07. The minimum Gasteiger partial charge on any atom is -0.435 e. The van der Waals surface area contributed by atoms with Crippen molar-refractivity contribution in [2.24, 2.45) is 5.92 Å². The summed E-state index contributed by atoms with van der Waals surface area (Å²) in [6, 6.07) is 5.11. The molecule has 0 aromatic heterocycles. The van der Waals surface area contributed by atoms with Gasteiger partial charge in [-0.15, -0.1) is 0 Å². The SMILES string of the molecule is CC(C)CNC(=O)CNC(=O)NC(C)c1ccc(OC(F)F)cc1. The van der Waals surface area contributed by atoms with Crippen molar-refractivity contribution in [2.75, 3.05) is 13.1 Å². The first-order valence-corrected chi connectivity index (χ1v) is 7.63. The van der Waals surface area contributed by atoms with Crippen LogP contribution in [-0.4, -0.2) is 31.6 Å². The molecule has 0 bridgehead atoms. The van der Waals surface area contributed by atoms with Crippen molar-refractivity contribution >= 4 is 11.9 Å². The van der Waals surface area contributed by atoms with Crippen molar-refractivity contribution in [3.05, 3.63) is 29.8 Å². The highest BCUT2D eigenvalue weighted by atomic mass is 19.3. The van der Waals surface area contributed by atoms with Gasteiger partial charge in [0.2, 0.25) is 5.91 Å². The topological polar surface area (TPSA) is 79.5 Å². The molecule has 134 valence electrons. The van der Waals surface area contributed by atoms with E-state index < -0.39 is 12.6 Å². The fourth-order valence-corrected chi connectivity index (χ4v) is 1.81. The Labute approximate surface area is 139 Å². The van der Waals surface area contributed by atoms with E-state index >= 15 is 0 Å². The second kappa shape index (κ2) is 9.69. The largest absolute Gasteiger partial charge is 0.435 e. The minimum absolute atomic E-state index is 0.0484. The van der Waals surface area contributed by atoms with Crippen LogP contribution in [0.4, 0.5) is 13.6 Å². The van der Waals surface area contributed by atoms with Crippen molar-refractivity contribution in [1.29, 1.82) is 0 Å². The van der Waals surface area contributed by atoms with Crippen LogP contribution >= 0.6 is 0 Å². The standard InChI is InChI=1S/C16H23F2N3O3/c1-10(2)8-19-14(22)9-20-16(23)21-11(3)12-4-6-13(7-5-12)24-15(17)18/h4-7,10-11,15H,8-9H2,1-3H3,(H,19,22)(H2,20,21,23). The van der Waals surface area contributed by atoms with Crippen LogP contribution < -0.4 is 20.7 Å². The molecule has 1 rings (SSSR count). The molecule has 0 saturated carbocycles. The van der Waals surface area contributed by atoms with Crippen LogP contribution in [-0.2, 0) is 4.79 Å². The lowest BCUT2D eigenvalue weighted by Crippen LogP contribution is -2.43. The summed E-state index contributed by atoms with van der Waals surface area (Å²) >= 11 is 0. The number of benzene rings is 1. The zero-order valence-corrected chi connectivity index (χ0v) is 13.9. The highest BCUT2D eigenvalue weighted by molar-refractivity contribution is 5.84. The Balaban J connectivity index is 2.39. The number of amides is 3. The van der Waals surface area contributed by atoms with Crippen molar-refractivity contribution < 1.29 is 23.1 Å². The van der Waals surface area contributed by atoms with E-state index in [9.17, 15) is 18.4 Å². The molecule has 0 radical (unpaired) electrons. The summed E-state index contributed by atoms with van der Waals surface area (Å²) in [6.45, 7) is 3.23. The number of nitrogens with one attached hydrogen (secondary N) is 3. The number of halogens is 2. The van der Waals surface area contributed by atoms with Gasteiger partial charge in [-0.25, -0.2) is 4.79 Å². The van der Waals surface area contributed by atoms with E-state index in [1.165, 1.54) is 12.1 Å². The van der Waals surface area contributed by atoms with Gasteiger partial charge in [0.15, 0.2) is 0 Å². The smallest absolute Gasteiger partial charge is 0.387 e. The number of urea groups is 1. The minimum atomic E-state index is -2.88. The van der Waals surface area contributed by atoms with Crippen LogP contribution in [0.3, 0.4) is 0 Å². The van der Waals surface area contributed by atoms with Gasteiger partial charge < -0.3 is 20.7 Å². The molecule has 0 aliphatic rings. The molecule has 1 aromatic rings. The van der Waals surface area contributed by atoms with E-state index in [2.05, 4.69) is 20.7 Å². The average Bonchev–Trinajstić information content (AvgIpc) is 2.51. The fourth-order valence-electron chi connectivity index (χ4n) is 1.81. The first-order valence-electron chi connectivity index (χ1n) is 7.63. The van der Waals surface area contributed by atoms with Crippen molar-refractivity contribution in [2.45, 2.75) is 33.4 Å². The summed E-state index contributed by atoms with van der Waals surface area (Å²) < 4.78 is 28.4. The molecule has 0 spiro atoms. The lowest BCUT2D eigenvalue weighted by Gasteiger charge is -2.16. The van der Waals surface area contributed by atoms with Crippen LogP contribution in [0.15, 0.2) is 24.3 Å². The zero-order chi connectivity index (χ0) is 18.1. The first-order chi connectivity index (χ1) is 11.3. The Bertz CT molecular complexity index is 536. The Morgan fingerprint density at radius 2 is 1.71 bits per heavy atom. The van der Waals surface area contributed by atoms with Crippen LogP contribution in [0, 0.1) is 5.92 Å². The summed E-state index contributed by atoms with van der Waals surface area (Å²) in [5.74, 6) is 0.118. The van der Waals surface area contributed by atoms with Crippen LogP contribution in [0.1, 0.15) is 32.4 Å². The van der Waals surface area contributed by atoms with Crippen LogP contribution in [0.25, 0.3) is 0 Å². The fraction of sp³-hybridized carbons (Fsp3) is 0.500. The molecule has 24 heavy (non-hydrogen) atoms. The molecule has 0 aliphatic carbocycles. The predicted octanol–water partition coefficient (Wildman–Crippen LogP) is 2.42. The Hall–Kier alpha value is -2.38. The van der Waals surface area contributed by atoms with Crippen molar-refractivity contribution in [3.63, 3.8) is 0 Å². The Kier molecular flexibility index (Phi) is 7.94. The van der Waals surface area contributed by atoms with E-state index in [4.69, 9.17) is 0 Å². The summed E-state index contributed by atoms with van der Waals surface area (Å²) in [5, 5.41) is 7.80. The van der Waals surface area contributed by atoms with Gasteiger partial charge in [0.25, 0.3) is 0 Å². The summed E-state index contributed by atoms with van der Waals surface area (Å²) in [5.41, 5.74) is 0.719. The van der Waals surface area contributed by atoms with Gasteiger partial charge in [-0.2, -0.15) is 8.78 Å². The monoisotopic (exact) mass is 343 g/mol.